The molecule has 0 aliphatic rings. The number of hydrogen-bond donors (Lipinski definition) is 1. The minimum atomic E-state index is -3.38. The normalized spacial score (nSPS) is 12.0. The molecule has 6 nitrogen and oxygen atoms in total. The average Bonchev–Trinajstić information content (AvgIpc) is 3.52. The van der Waals surface area contributed by atoms with Gasteiger partial charge >= 0.3 is 0 Å². The molecule has 36 heavy (non-hydrogen) atoms. The summed E-state index contributed by atoms with van der Waals surface area (Å²) in [6.45, 7) is 5.59. The number of H-pyrrole nitrogens is 1. The predicted molar refractivity (Wildman–Crippen MR) is 146 cm³/mol. The van der Waals surface area contributed by atoms with Crippen LogP contribution in [-0.2, 0) is 16.3 Å². The average molecular weight is 518 g/mol. The summed E-state index contributed by atoms with van der Waals surface area (Å²) in [6.07, 6.45) is 5.49. The number of aromatic amines is 1. The second-order valence-electron chi connectivity index (χ2n) is 9.01. The Balaban J connectivity index is 1.67. The molecule has 0 radical (unpaired) electrons. The number of carbonyl (C=O) groups is 1. The third-order valence-electron chi connectivity index (χ3n) is 6.59. The standard InChI is InChI=1S/C28H27N3O3S2/c1-4-36(33,34)20-8-5-7-19(14-20)22-15-21(24(32)9-6-10-25-29-11-12-35-25)18(3)27-26(22)23-13-17(2)16-30-28(23)31-27/h5,7-8,11-16H,4,6,9-10H2,1-3H3,(H,30,31). The van der Waals surface area contributed by atoms with Gasteiger partial charge in [-0.1, -0.05) is 19.1 Å². The van der Waals surface area contributed by atoms with Gasteiger partial charge in [-0.25, -0.2) is 18.4 Å². The fraction of sp³-hybridized carbons (Fsp3) is 0.250. The van der Waals surface area contributed by atoms with E-state index in [9.17, 15) is 13.2 Å². The first kappa shape index (κ1) is 24.3. The fourth-order valence-electron chi connectivity index (χ4n) is 4.65. The maximum Gasteiger partial charge on any atom is 0.178 e. The van der Waals surface area contributed by atoms with Crippen molar-refractivity contribution in [3.8, 4) is 11.1 Å². The van der Waals surface area contributed by atoms with Crippen LogP contribution in [0.1, 0.15) is 46.3 Å². The molecule has 3 heterocycles. The highest BCUT2D eigenvalue weighted by atomic mass is 32.2. The fourth-order valence-corrected chi connectivity index (χ4v) is 6.24. The van der Waals surface area contributed by atoms with Crippen molar-refractivity contribution in [2.24, 2.45) is 0 Å². The Bertz CT molecular complexity index is 1700. The molecule has 5 rings (SSSR count). The van der Waals surface area contributed by atoms with Gasteiger partial charge in [0.05, 0.1) is 21.2 Å². The molecule has 8 heteroatoms. The minimum Gasteiger partial charge on any atom is -0.339 e. The van der Waals surface area contributed by atoms with E-state index in [2.05, 4.69) is 21.0 Å². The molecule has 5 aromatic rings. The lowest BCUT2D eigenvalue weighted by Gasteiger charge is -2.13. The van der Waals surface area contributed by atoms with E-state index in [0.29, 0.717) is 12.0 Å². The summed E-state index contributed by atoms with van der Waals surface area (Å²) in [7, 11) is -3.38. The van der Waals surface area contributed by atoms with E-state index in [1.54, 1.807) is 42.7 Å². The summed E-state index contributed by atoms with van der Waals surface area (Å²) in [5, 5.41) is 4.88. The van der Waals surface area contributed by atoms with Crippen LogP contribution in [0.2, 0.25) is 0 Å². The molecule has 0 amide bonds. The SMILES string of the molecule is CCS(=O)(=O)c1cccc(-c2cc(C(=O)CCCc3nccs3)c(C)c3[nH]c4ncc(C)cc4c23)c1. The predicted octanol–water partition coefficient (Wildman–Crippen LogP) is 6.46. The molecular weight excluding hydrogens is 490 g/mol. The third-order valence-corrected chi connectivity index (χ3v) is 9.16. The van der Waals surface area contributed by atoms with Crippen molar-refractivity contribution in [2.75, 3.05) is 5.75 Å². The summed E-state index contributed by atoms with van der Waals surface area (Å²) in [5.74, 6) is 0.0889. The minimum absolute atomic E-state index is 0.0266. The summed E-state index contributed by atoms with van der Waals surface area (Å²) >= 11 is 1.60. The van der Waals surface area contributed by atoms with Gasteiger partial charge in [-0.15, -0.1) is 11.3 Å². The van der Waals surface area contributed by atoms with E-state index in [0.717, 1.165) is 62.0 Å². The van der Waals surface area contributed by atoms with Crippen LogP contribution in [-0.4, -0.2) is 34.9 Å². The van der Waals surface area contributed by atoms with Gasteiger partial charge in [0.2, 0.25) is 0 Å². The Kier molecular flexibility index (Phi) is 6.49. The number of nitrogens with one attached hydrogen (secondary N) is 1. The summed E-state index contributed by atoms with van der Waals surface area (Å²) in [6, 6.07) is 11.0. The number of aromatic nitrogens is 3. The second-order valence-corrected chi connectivity index (χ2v) is 12.3. The molecule has 0 fully saturated rings. The molecule has 0 aliphatic heterocycles. The first-order chi connectivity index (χ1) is 17.3. The molecule has 2 aromatic carbocycles. The highest BCUT2D eigenvalue weighted by Crippen LogP contribution is 2.38. The molecule has 0 atom stereocenters. The van der Waals surface area contributed by atoms with E-state index in [4.69, 9.17) is 0 Å². The van der Waals surface area contributed by atoms with E-state index < -0.39 is 9.84 Å². The van der Waals surface area contributed by atoms with Crippen LogP contribution in [0.3, 0.4) is 0 Å². The lowest BCUT2D eigenvalue weighted by Crippen LogP contribution is -2.05. The largest absolute Gasteiger partial charge is 0.339 e. The van der Waals surface area contributed by atoms with E-state index in [-0.39, 0.29) is 16.4 Å². The molecule has 0 bridgehead atoms. The van der Waals surface area contributed by atoms with Crippen molar-refractivity contribution >= 4 is 48.9 Å². The quantitative estimate of drug-likeness (QED) is 0.239. The van der Waals surface area contributed by atoms with E-state index >= 15 is 0 Å². The summed E-state index contributed by atoms with van der Waals surface area (Å²) in [5.41, 5.74) is 5.72. The summed E-state index contributed by atoms with van der Waals surface area (Å²) < 4.78 is 25.3. The Morgan fingerprint density at radius 1 is 1.11 bits per heavy atom. The van der Waals surface area contributed by atoms with Gasteiger partial charge in [0.15, 0.2) is 15.6 Å². The molecule has 0 aliphatic carbocycles. The van der Waals surface area contributed by atoms with Crippen molar-refractivity contribution < 1.29 is 13.2 Å². The number of aryl methyl sites for hydroxylation is 3. The van der Waals surface area contributed by atoms with Gasteiger partial charge in [-0.3, -0.25) is 4.79 Å². The van der Waals surface area contributed by atoms with Crippen molar-refractivity contribution in [1.29, 1.82) is 0 Å². The highest BCUT2D eigenvalue weighted by molar-refractivity contribution is 7.91. The van der Waals surface area contributed by atoms with Crippen molar-refractivity contribution in [1.82, 2.24) is 15.0 Å². The van der Waals surface area contributed by atoms with Gasteiger partial charge in [0, 0.05) is 40.5 Å². The third kappa shape index (κ3) is 4.47. The van der Waals surface area contributed by atoms with E-state index in [1.165, 1.54) is 0 Å². The number of pyridine rings is 1. The van der Waals surface area contributed by atoms with E-state index in [1.807, 2.05) is 37.6 Å². The highest BCUT2D eigenvalue weighted by Gasteiger charge is 2.21. The Hall–Kier alpha value is -3.36. The number of sulfone groups is 1. The Labute approximate surface area is 214 Å². The van der Waals surface area contributed by atoms with Gasteiger partial charge < -0.3 is 4.98 Å². The van der Waals surface area contributed by atoms with Crippen molar-refractivity contribution in [2.45, 2.75) is 44.9 Å². The van der Waals surface area contributed by atoms with Gasteiger partial charge in [-0.2, -0.15) is 0 Å². The van der Waals surface area contributed by atoms with Crippen LogP contribution in [0.15, 0.2) is 59.1 Å². The first-order valence-electron chi connectivity index (χ1n) is 11.9. The van der Waals surface area contributed by atoms with Crippen LogP contribution >= 0.6 is 11.3 Å². The Morgan fingerprint density at radius 3 is 2.69 bits per heavy atom. The maximum absolute atomic E-state index is 13.4. The number of Topliss-reactive ketones (excluding diaryl/α,β-unsaturated/α-hetero) is 1. The van der Waals surface area contributed by atoms with Gasteiger partial charge in [-0.05, 0) is 73.2 Å². The zero-order valence-corrected chi connectivity index (χ0v) is 22.1. The smallest absolute Gasteiger partial charge is 0.178 e. The lowest BCUT2D eigenvalue weighted by atomic mass is 9.91. The number of benzene rings is 2. The molecule has 0 unspecified atom stereocenters. The van der Waals surface area contributed by atoms with Crippen LogP contribution in [0, 0.1) is 13.8 Å². The molecular formula is C28H27N3O3S2. The van der Waals surface area contributed by atoms with Crippen molar-refractivity contribution in [3.63, 3.8) is 0 Å². The topological polar surface area (TPSA) is 92.8 Å². The maximum atomic E-state index is 13.4. The number of hydrogen-bond acceptors (Lipinski definition) is 6. The number of thiazole rings is 1. The number of fused-ring (bicyclic) bond motifs is 3. The number of carbonyl (C=O) groups excluding carboxylic acids is 1. The van der Waals surface area contributed by atoms with Crippen molar-refractivity contribution in [3.05, 3.63) is 75.9 Å². The lowest BCUT2D eigenvalue weighted by molar-refractivity contribution is 0.0979. The van der Waals surface area contributed by atoms with Crippen LogP contribution in [0.5, 0.6) is 0 Å². The molecule has 0 spiro atoms. The van der Waals surface area contributed by atoms with Gasteiger partial charge in [0.1, 0.15) is 5.65 Å². The van der Waals surface area contributed by atoms with Crippen LogP contribution in [0.4, 0.5) is 0 Å². The van der Waals surface area contributed by atoms with Crippen LogP contribution in [0.25, 0.3) is 33.1 Å². The monoisotopic (exact) mass is 517 g/mol. The van der Waals surface area contributed by atoms with Crippen LogP contribution < -0.4 is 0 Å². The zero-order valence-electron chi connectivity index (χ0n) is 20.5. The Morgan fingerprint density at radius 2 is 1.94 bits per heavy atom. The molecule has 0 saturated heterocycles. The number of nitrogens with zero attached hydrogens (tertiary/aromatic N) is 2. The zero-order chi connectivity index (χ0) is 25.4. The van der Waals surface area contributed by atoms with Gasteiger partial charge in [0.25, 0.3) is 0 Å². The molecule has 0 saturated carbocycles. The second kappa shape index (κ2) is 9.59. The molecule has 184 valence electrons. The molecule has 1 N–H and O–H groups in total. The first-order valence-corrected chi connectivity index (χ1v) is 14.5. The molecule has 3 aromatic heterocycles. The number of rotatable bonds is 8. The number of ketones is 1. The summed E-state index contributed by atoms with van der Waals surface area (Å²) in [4.78, 5) is 26.0.